The molecule has 7 nitrogen and oxygen atoms in total. The van der Waals surface area contributed by atoms with Crippen LogP contribution in [0.2, 0.25) is 0 Å². The van der Waals surface area contributed by atoms with Crippen molar-refractivity contribution in [3.05, 3.63) is 82.7 Å². The molecule has 43 heavy (non-hydrogen) atoms. The van der Waals surface area contributed by atoms with Crippen molar-refractivity contribution >= 4 is 17.5 Å². The van der Waals surface area contributed by atoms with Crippen LogP contribution < -0.4 is 10.6 Å². The number of benzene rings is 1. The average Bonchev–Trinajstić information content (AvgIpc) is 2.93. The SMILES string of the molecule is CC(C)(C)NC(=O)N1CCC2=C(c3cccc(C(F)(F)F)c3)C=CC(C(=O)N[C@@H](CO)c3ccc(C(F)(F)F)nc3)C2C1. The summed E-state index contributed by atoms with van der Waals surface area (Å²) in [7, 11) is 0. The second kappa shape index (κ2) is 12.0. The van der Waals surface area contributed by atoms with Gasteiger partial charge in [-0.2, -0.15) is 26.3 Å². The molecule has 1 aliphatic heterocycles. The number of nitrogens with one attached hydrogen (secondary N) is 2. The summed E-state index contributed by atoms with van der Waals surface area (Å²) < 4.78 is 79.2. The first kappa shape index (κ1) is 32.1. The quantitative estimate of drug-likeness (QED) is 0.377. The number of carbonyl (C=O) groups excluding carboxylic acids is 2. The van der Waals surface area contributed by atoms with Crippen molar-refractivity contribution in [3.8, 4) is 0 Å². The van der Waals surface area contributed by atoms with E-state index in [1.807, 2.05) is 20.8 Å². The van der Waals surface area contributed by atoms with Crippen LogP contribution >= 0.6 is 0 Å². The number of carbonyl (C=O) groups is 2. The number of fused-ring (bicyclic) bond motifs is 1. The number of pyridine rings is 1. The van der Waals surface area contributed by atoms with Crippen molar-refractivity contribution in [1.82, 2.24) is 20.5 Å². The number of urea groups is 1. The van der Waals surface area contributed by atoms with Gasteiger partial charge in [-0.3, -0.25) is 9.78 Å². The summed E-state index contributed by atoms with van der Waals surface area (Å²) in [5.74, 6) is -2.07. The second-order valence-electron chi connectivity index (χ2n) is 11.6. The van der Waals surface area contributed by atoms with Gasteiger partial charge in [-0.05, 0) is 62.1 Å². The van der Waals surface area contributed by atoms with Crippen LogP contribution in [-0.4, -0.2) is 52.2 Å². The van der Waals surface area contributed by atoms with E-state index in [9.17, 15) is 41.0 Å². The maximum absolute atomic E-state index is 13.6. The van der Waals surface area contributed by atoms with Crippen LogP contribution in [0.4, 0.5) is 31.1 Å². The molecule has 1 fully saturated rings. The molecule has 3 N–H and O–H groups in total. The van der Waals surface area contributed by atoms with Gasteiger partial charge in [0.25, 0.3) is 0 Å². The molecule has 1 aromatic carbocycles. The molecule has 1 aromatic heterocycles. The fourth-order valence-corrected chi connectivity index (χ4v) is 5.27. The number of aliphatic hydroxyl groups is 1. The van der Waals surface area contributed by atoms with Crippen LogP contribution in [0.1, 0.15) is 55.6 Å². The molecule has 1 aliphatic carbocycles. The molecule has 4 rings (SSSR count). The molecule has 13 heteroatoms. The number of piperidine rings is 1. The average molecular weight is 611 g/mol. The number of hydrogen-bond donors (Lipinski definition) is 3. The second-order valence-corrected chi connectivity index (χ2v) is 11.6. The van der Waals surface area contributed by atoms with E-state index in [0.717, 1.165) is 30.5 Å². The number of hydrogen-bond acceptors (Lipinski definition) is 4. The lowest BCUT2D eigenvalue weighted by Crippen LogP contribution is -2.53. The third kappa shape index (κ3) is 7.56. The van der Waals surface area contributed by atoms with Gasteiger partial charge >= 0.3 is 18.4 Å². The van der Waals surface area contributed by atoms with E-state index in [4.69, 9.17) is 0 Å². The summed E-state index contributed by atoms with van der Waals surface area (Å²) in [6.07, 6.45) is -4.85. The molecule has 0 saturated carbocycles. The predicted octanol–water partition coefficient (Wildman–Crippen LogP) is 5.74. The molecular weight excluding hydrogens is 578 g/mol. The Kier molecular flexibility index (Phi) is 8.96. The highest BCUT2D eigenvalue weighted by molar-refractivity contribution is 5.87. The van der Waals surface area contributed by atoms with Crippen LogP contribution in [0, 0.1) is 11.8 Å². The van der Waals surface area contributed by atoms with Crippen LogP contribution in [0.15, 0.2) is 60.3 Å². The molecular formula is C30H32F6N4O3. The van der Waals surface area contributed by atoms with Gasteiger partial charge in [0.2, 0.25) is 5.91 Å². The number of likely N-dealkylation sites (tertiary alicyclic amines) is 1. The monoisotopic (exact) mass is 610 g/mol. The molecule has 2 heterocycles. The molecule has 232 valence electrons. The molecule has 2 aromatic rings. The fraction of sp³-hybridized carbons (Fsp3) is 0.433. The largest absolute Gasteiger partial charge is 0.433 e. The Morgan fingerprint density at radius 2 is 1.79 bits per heavy atom. The summed E-state index contributed by atoms with van der Waals surface area (Å²) in [6.45, 7) is 5.19. The van der Waals surface area contributed by atoms with Crippen molar-refractivity contribution in [2.24, 2.45) is 11.8 Å². The first-order valence-electron chi connectivity index (χ1n) is 13.6. The number of aliphatic hydroxyl groups excluding tert-OH is 1. The highest BCUT2D eigenvalue weighted by Crippen LogP contribution is 2.41. The predicted molar refractivity (Wildman–Crippen MR) is 146 cm³/mol. The molecule has 1 saturated heterocycles. The Morgan fingerprint density at radius 3 is 2.37 bits per heavy atom. The lowest BCUT2D eigenvalue weighted by Gasteiger charge is -2.41. The normalized spacial score (nSPS) is 20.0. The van der Waals surface area contributed by atoms with E-state index in [0.29, 0.717) is 23.1 Å². The molecule has 3 atom stereocenters. The van der Waals surface area contributed by atoms with Crippen molar-refractivity contribution in [2.75, 3.05) is 19.7 Å². The first-order valence-corrected chi connectivity index (χ1v) is 13.6. The molecule has 2 unspecified atom stereocenters. The van der Waals surface area contributed by atoms with E-state index in [1.54, 1.807) is 23.1 Å². The smallest absolute Gasteiger partial charge is 0.394 e. The van der Waals surface area contributed by atoms with Crippen molar-refractivity contribution < 1.29 is 41.0 Å². The van der Waals surface area contributed by atoms with Crippen molar-refractivity contribution in [3.63, 3.8) is 0 Å². The van der Waals surface area contributed by atoms with Crippen molar-refractivity contribution in [1.29, 1.82) is 0 Å². The Balaban J connectivity index is 1.65. The van der Waals surface area contributed by atoms with Gasteiger partial charge in [0.1, 0.15) is 5.69 Å². The molecule has 0 spiro atoms. The summed E-state index contributed by atoms with van der Waals surface area (Å²) in [5, 5.41) is 15.5. The van der Waals surface area contributed by atoms with E-state index in [1.165, 1.54) is 6.07 Å². The van der Waals surface area contributed by atoms with Crippen LogP contribution in [0.25, 0.3) is 5.57 Å². The zero-order valence-electron chi connectivity index (χ0n) is 23.7. The van der Waals surface area contributed by atoms with Crippen LogP contribution in [0.3, 0.4) is 0 Å². The maximum Gasteiger partial charge on any atom is 0.433 e. The summed E-state index contributed by atoms with van der Waals surface area (Å²) in [4.78, 5) is 31.5. The van der Waals surface area contributed by atoms with Gasteiger partial charge in [0.05, 0.1) is 24.1 Å². The number of allylic oxidation sites excluding steroid dienone is 2. The minimum Gasteiger partial charge on any atom is -0.394 e. The highest BCUT2D eigenvalue weighted by atomic mass is 19.4. The number of aromatic nitrogens is 1. The van der Waals surface area contributed by atoms with E-state index in [-0.39, 0.29) is 24.7 Å². The number of amides is 3. The first-order chi connectivity index (χ1) is 20.0. The van der Waals surface area contributed by atoms with Gasteiger partial charge in [0.15, 0.2) is 0 Å². The Morgan fingerprint density at radius 1 is 1.07 bits per heavy atom. The lowest BCUT2D eigenvalue weighted by atomic mass is 9.73. The van der Waals surface area contributed by atoms with Crippen LogP contribution in [-0.2, 0) is 17.1 Å². The summed E-state index contributed by atoms with van der Waals surface area (Å²) in [5.41, 5.74) is -0.771. The van der Waals surface area contributed by atoms with Crippen LogP contribution in [0.5, 0.6) is 0 Å². The molecule has 3 amide bonds. The van der Waals surface area contributed by atoms with Crippen molar-refractivity contribution in [2.45, 2.75) is 51.1 Å². The van der Waals surface area contributed by atoms with Gasteiger partial charge < -0.3 is 20.6 Å². The van der Waals surface area contributed by atoms with E-state index in [2.05, 4.69) is 15.6 Å². The topological polar surface area (TPSA) is 94.6 Å². The number of rotatable bonds is 5. The zero-order valence-corrected chi connectivity index (χ0v) is 23.7. The standard InChI is InChI=1S/C30H32F6N4O3/c1-28(2,3)39-27(43)40-12-11-21-20(17-5-4-6-19(13-17)29(31,32)33)8-9-22(23(21)15-40)26(42)38-24(16-41)18-7-10-25(37-14-18)30(34,35)36/h4-10,13-14,22-24,41H,11-12,15-16H2,1-3H3,(H,38,42)(H,39,43)/t22?,23?,24-/m0/s1. The van der Waals surface area contributed by atoms with E-state index < -0.39 is 59.5 Å². The third-order valence-corrected chi connectivity index (χ3v) is 7.32. The molecule has 2 aliphatic rings. The number of halogens is 6. The minimum absolute atomic E-state index is 0.0910. The number of alkyl halides is 6. The minimum atomic E-state index is -4.66. The zero-order chi connectivity index (χ0) is 31.7. The van der Waals surface area contributed by atoms with Gasteiger partial charge in [-0.1, -0.05) is 35.9 Å². The maximum atomic E-state index is 13.6. The molecule has 0 radical (unpaired) electrons. The van der Waals surface area contributed by atoms with Gasteiger partial charge in [0, 0.05) is 30.7 Å². The molecule has 0 bridgehead atoms. The lowest BCUT2D eigenvalue weighted by molar-refractivity contribution is -0.141. The van der Waals surface area contributed by atoms with E-state index >= 15 is 0 Å². The highest BCUT2D eigenvalue weighted by Gasteiger charge is 2.40. The number of nitrogens with zero attached hydrogens (tertiary/aromatic N) is 2. The third-order valence-electron chi connectivity index (χ3n) is 7.32. The Labute approximate surface area is 244 Å². The fourth-order valence-electron chi connectivity index (χ4n) is 5.27. The van der Waals surface area contributed by atoms with Gasteiger partial charge in [-0.25, -0.2) is 4.79 Å². The summed E-state index contributed by atoms with van der Waals surface area (Å²) in [6, 6.07) is 5.31. The van der Waals surface area contributed by atoms with Gasteiger partial charge in [-0.15, -0.1) is 0 Å². The summed E-state index contributed by atoms with van der Waals surface area (Å²) >= 11 is 0. The Bertz CT molecular complexity index is 1410. The Hall–Kier alpha value is -3.87.